The fourth-order valence-corrected chi connectivity index (χ4v) is 3.43. The Morgan fingerprint density at radius 1 is 1.50 bits per heavy atom. The van der Waals surface area contributed by atoms with Crippen molar-refractivity contribution < 1.29 is 4.39 Å². The summed E-state index contributed by atoms with van der Waals surface area (Å²) in [6, 6.07) is 5.36. The molecule has 0 bridgehead atoms. The van der Waals surface area contributed by atoms with Crippen molar-refractivity contribution in [1.29, 1.82) is 0 Å². The normalized spacial score (nSPS) is 11.1. The van der Waals surface area contributed by atoms with Gasteiger partial charge in [-0.2, -0.15) is 0 Å². The van der Waals surface area contributed by atoms with Crippen molar-refractivity contribution in [3.05, 3.63) is 29.6 Å². The highest BCUT2D eigenvalue weighted by Crippen LogP contribution is 2.35. The SMILES string of the molecule is CSc1cc2ccc(F)c(CCl)c2s1. The lowest BCUT2D eigenvalue weighted by Crippen LogP contribution is -1.84. The first-order chi connectivity index (χ1) is 6.76. The predicted octanol–water partition coefficient (Wildman–Crippen LogP) is 4.50. The maximum atomic E-state index is 13.3. The highest BCUT2D eigenvalue weighted by Gasteiger charge is 2.09. The summed E-state index contributed by atoms with van der Waals surface area (Å²) in [7, 11) is 0. The molecule has 0 atom stereocenters. The number of hydrogen-bond donors (Lipinski definition) is 0. The van der Waals surface area contributed by atoms with Gasteiger partial charge in [0.2, 0.25) is 0 Å². The van der Waals surface area contributed by atoms with Crippen LogP contribution >= 0.6 is 34.7 Å². The lowest BCUT2D eigenvalue weighted by atomic mass is 10.2. The molecule has 0 saturated heterocycles. The highest BCUT2D eigenvalue weighted by atomic mass is 35.5. The van der Waals surface area contributed by atoms with Gasteiger partial charge in [0.1, 0.15) is 5.82 Å². The smallest absolute Gasteiger partial charge is 0.129 e. The number of hydrogen-bond acceptors (Lipinski definition) is 2. The third kappa shape index (κ3) is 1.64. The Labute approximate surface area is 95.1 Å². The van der Waals surface area contributed by atoms with Gasteiger partial charge in [-0.15, -0.1) is 34.7 Å². The summed E-state index contributed by atoms with van der Waals surface area (Å²) in [6.07, 6.45) is 2.02. The second kappa shape index (κ2) is 4.09. The highest BCUT2D eigenvalue weighted by molar-refractivity contribution is 8.00. The number of benzene rings is 1. The van der Waals surface area contributed by atoms with E-state index < -0.39 is 0 Å². The second-order valence-corrected chi connectivity index (χ2v) is 5.27. The van der Waals surface area contributed by atoms with E-state index in [1.54, 1.807) is 29.2 Å². The Morgan fingerprint density at radius 3 is 2.93 bits per heavy atom. The number of fused-ring (bicyclic) bond motifs is 1. The minimum atomic E-state index is -0.206. The standard InChI is InChI=1S/C10H8ClFS2/c1-13-9-4-6-2-3-8(12)7(5-11)10(6)14-9/h2-4H,5H2,1H3. The van der Waals surface area contributed by atoms with Crippen molar-refractivity contribution in [2.45, 2.75) is 10.1 Å². The molecule has 0 nitrogen and oxygen atoms in total. The minimum Gasteiger partial charge on any atom is -0.207 e. The Balaban J connectivity index is 2.73. The quantitative estimate of drug-likeness (QED) is 0.555. The average molecular weight is 247 g/mol. The van der Waals surface area contributed by atoms with E-state index in [1.807, 2.05) is 6.26 Å². The molecule has 1 aromatic carbocycles. The lowest BCUT2D eigenvalue weighted by molar-refractivity contribution is 0.620. The molecule has 1 aromatic heterocycles. The monoisotopic (exact) mass is 246 g/mol. The number of thioether (sulfide) groups is 1. The van der Waals surface area contributed by atoms with E-state index in [2.05, 4.69) is 6.07 Å². The van der Waals surface area contributed by atoms with Gasteiger partial charge in [0, 0.05) is 10.3 Å². The van der Waals surface area contributed by atoms with Crippen LogP contribution in [0.25, 0.3) is 10.1 Å². The molecular weight excluding hydrogens is 239 g/mol. The molecule has 0 radical (unpaired) electrons. The summed E-state index contributed by atoms with van der Waals surface area (Å²) < 4.78 is 15.5. The molecule has 2 rings (SSSR count). The van der Waals surface area contributed by atoms with Crippen molar-refractivity contribution in [2.24, 2.45) is 0 Å². The van der Waals surface area contributed by atoms with Crippen molar-refractivity contribution in [3.63, 3.8) is 0 Å². The van der Waals surface area contributed by atoms with Crippen LogP contribution in [0.4, 0.5) is 4.39 Å². The number of halogens is 2. The van der Waals surface area contributed by atoms with Gasteiger partial charge < -0.3 is 0 Å². The summed E-state index contributed by atoms with van der Waals surface area (Å²) >= 11 is 9.00. The molecule has 2 aromatic rings. The first-order valence-electron chi connectivity index (χ1n) is 4.07. The Hall–Kier alpha value is -0.250. The first kappa shape index (κ1) is 10.3. The molecular formula is C10H8ClFS2. The number of alkyl halides is 1. The number of thiophene rings is 1. The molecule has 14 heavy (non-hydrogen) atoms. The van der Waals surface area contributed by atoms with Crippen molar-refractivity contribution in [3.8, 4) is 0 Å². The molecule has 74 valence electrons. The van der Waals surface area contributed by atoms with Crippen molar-refractivity contribution in [2.75, 3.05) is 6.26 Å². The zero-order chi connectivity index (χ0) is 10.1. The molecule has 0 unspecified atom stereocenters. The third-order valence-electron chi connectivity index (χ3n) is 2.04. The summed E-state index contributed by atoms with van der Waals surface area (Å²) in [6.45, 7) is 0. The zero-order valence-corrected chi connectivity index (χ0v) is 9.90. The van der Waals surface area contributed by atoms with Crippen LogP contribution in [0.3, 0.4) is 0 Å². The molecule has 4 heteroatoms. The molecule has 0 fully saturated rings. The summed E-state index contributed by atoms with van der Waals surface area (Å²) in [5, 5.41) is 1.08. The number of rotatable bonds is 2. The molecule has 0 aliphatic carbocycles. The zero-order valence-electron chi connectivity index (χ0n) is 7.51. The molecule has 0 aliphatic rings. The fraction of sp³-hybridized carbons (Fsp3) is 0.200. The molecule has 0 spiro atoms. The van der Waals surface area contributed by atoms with Crippen LogP contribution in [0.1, 0.15) is 5.56 Å². The summed E-state index contributed by atoms with van der Waals surface area (Å²) in [5.74, 6) is 0.0272. The third-order valence-corrected chi connectivity index (χ3v) is 4.59. The van der Waals surface area contributed by atoms with E-state index in [0.29, 0.717) is 5.56 Å². The lowest BCUT2D eigenvalue weighted by Gasteiger charge is -1.98. The molecule has 0 N–H and O–H groups in total. The fourth-order valence-electron chi connectivity index (χ4n) is 1.34. The minimum absolute atomic E-state index is 0.206. The van der Waals surface area contributed by atoms with Crippen LogP contribution in [0.15, 0.2) is 22.4 Å². The Kier molecular flexibility index (Phi) is 3.00. The summed E-state index contributed by atoms with van der Waals surface area (Å²) in [5.41, 5.74) is 0.620. The predicted molar refractivity (Wildman–Crippen MR) is 63.1 cm³/mol. The van der Waals surface area contributed by atoms with E-state index in [4.69, 9.17) is 11.6 Å². The summed E-state index contributed by atoms with van der Waals surface area (Å²) in [4.78, 5) is 0. The van der Waals surface area contributed by atoms with Gasteiger partial charge in [-0.05, 0) is 23.8 Å². The molecule has 0 aliphatic heterocycles. The van der Waals surface area contributed by atoms with E-state index in [9.17, 15) is 4.39 Å². The largest absolute Gasteiger partial charge is 0.207 e. The first-order valence-corrected chi connectivity index (χ1v) is 6.64. The van der Waals surface area contributed by atoms with Gasteiger partial charge in [-0.25, -0.2) is 4.39 Å². The topological polar surface area (TPSA) is 0 Å². The average Bonchev–Trinajstić information content (AvgIpc) is 2.60. The van der Waals surface area contributed by atoms with E-state index in [1.165, 1.54) is 10.3 Å². The van der Waals surface area contributed by atoms with Gasteiger partial charge in [0.25, 0.3) is 0 Å². The molecule has 0 saturated carbocycles. The molecule has 0 amide bonds. The molecule has 1 heterocycles. The van der Waals surface area contributed by atoms with Crippen LogP contribution in [-0.4, -0.2) is 6.26 Å². The van der Waals surface area contributed by atoms with Crippen LogP contribution < -0.4 is 0 Å². The van der Waals surface area contributed by atoms with E-state index in [-0.39, 0.29) is 11.7 Å². The Morgan fingerprint density at radius 2 is 2.29 bits per heavy atom. The van der Waals surface area contributed by atoms with Crippen molar-refractivity contribution >= 4 is 44.8 Å². The maximum Gasteiger partial charge on any atom is 0.129 e. The van der Waals surface area contributed by atoms with Crippen molar-refractivity contribution in [1.82, 2.24) is 0 Å². The van der Waals surface area contributed by atoms with Gasteiger partial charge in [0.05, 0.1) is 10.1 Å². The maximum absolute atomic E-state index is 13.3. The van der Waals surface area contributed by atoms with Crippen LogP contribution in [-0.2, 0) is 5.88 Å². The van der Waals surface area contributed by atoms with Gasteiger partial charge >= 0.3 is 0 Å². The van der Waals surface area contributed by atoms with Crippen LogP contribution in [0, 0.1) is 5.82 Å². The van der Waals surface area contributed by atoms with Gasteiger partial charge in [0.15, 0.2) is 0 Å². The second-order valence-electron chi connectivity index (χ2n) is 2.85. The van der Waals surface area contributed by atoms with E-state index >= 15 is 0 Å². The van der Waals surface area contributed by atoms with E-state index in [0.717, 1.165) is 10.1 Å². The van der Waals surface area contributed by atoms with Gasteiger partial charge in [-0.1, -0.05) is 6.07 Å². The Bertz CT molecular complexity index is 464. The van der Waals surface area contributed by atoms with Crippen LogP contribution in [0.2, 0.25) is 0 Å². The van der Waals surface area contributed by atoms with Gasteiger partial charge in [-0.3, -0.25) is 0 Å². The van der Waals surface area contributed by atoms with Crippen LogP contribution in [0.5, 0.6) is 0 Å².